The normalized spacial score (nSPS) is 25.7. The fourth-order valence-corrected chi connectivity index (χ4v) is 3.71. The quantitative estimate of drug-likeness (QED) is 0.616. The third-order valence-corrected chi connectivity index (χ3v) is 6.62. The molecule has 2 aliphatic rings. The third-order valence-electron chi connectivity index (χ3n) is 5.75. The molecule has 0 aromatic heterocycles. The van der Waals surface area contributed by atoms with E-state index in [9.17, 15) is 0 Å². The van der Waals surface area contributed by atoms with Crippen LogP contribution in [0.3, 0.4) is 0 Å². The summed E-state index contributed by atoms with van der Waals surface area (Å²) in [6.45, 7) is 10.6. The Kier molecular flexibility index (Phi) is 4.95. The van der Waals surface area contributed by atoms with Crippen molar-refractivity contribution < 1.29 is 9.31 Å². The largest absolute Gasteiger partial charge is 0.494 e. The smallest absolute Gasteiger partial charge is 0.399 e. The molecule has 1 aromatic rings. The Balaban J connectivity index is 1.67. The molecule has 2 fully saturated rings. The van der Waals surface area contributed by atoms with Gasteiger partial charge in [-0.05, 0) is 65.0 Å². The summed E-state index contributed by atoms with van der Waals surface area (Å²) in [6.07, 6.45) is 3.36. The molecule has 2 aliphatic heterocycles. The highest BCUT2D eigenvalue weighted by Crippen LogP contribution is 2.36. The predicted molar refractivity (Wildman–Crippen MR) is 104 cm³/mol. The van der Waals surface area contributed by atoms with E-state index in [-0.39, 0.29) is 18.3 Å². The van der Waals surface area contributed by atoms with Crippen LogP contribution in [0.5, 0.6) is 0 Å². The molecule has 24 heavy (non-hydrogen) atoms. The molecule has 2 saturated heterocycles. The van der Waals surface area contributed by atoms with E-state index in [0.29, 0.717) is 6.04 Å². The van der Waals surface area contributed by atoms with Crippen molar-refractivity contribution in [3.05, 3.63) is 24.3 Å². The lowest BCUT2D eigenvalue weighted by atomic mass is 9.79. The molecule has 0 aliphatic carbocycles. The molecule has 4 nitrogen and oxygen atoms in total. The van der Waals surface area contributed by atoms with E-state index in [1.165, 1.54) is 12.1 Å². The van der Waals surface area contributed by atoms with E-state index in [1.807, 2.05) is 11.9 Å². The van der Waals surface area contributed by atoms with E-state index >= 15 is 0 Å². The molecule has 3 rings (SSSR count). The fourth-order valence-electron chi connectivity index (χ4n) is 3.24. The van der Waals surface area contributed by atoms with Crippen LogP contribution in [-0.2, 0) is 9.31 Å². The summed E-state index contributed by atoms with van der Waals surface area (Å²) < 4.78 is 14.6. The maximum absolute atomic E-state index is 6.13. The lowest BCUT2D eigenvalue weighted by Crippen LogP contribution is -2.41. The van der Waals surface area contributed by atoms with E-state index in [4.69, 9.17) is 9.31 Å². The minimum absolute atomic E-state index is 0.280. The molecule has 0 amide bonds. The SMILES string of the molecule is CSN(C)C1CCN(c2ccc(B3OC(C)(C)C(C)(C)O3)cc2)C1. The van der Waals surface area contributed by atoms with Gasteiger partial charge in [-0.2, -0.15) is 0 Å². The summed E-state index contributed by atoms with van der Waals surface area (Å²) in [5, 5.41) is 0. The van der Waals surface area contributed by atoms with Gasteiger partial charge < -0.3 is 14.2 Å². The van der Waals surface area contributed by atoms with Crippen LogP contribution in [-0.4, -0.2) is 55.1 Å². The van der Waals surface area contributed by atoms with Crippen LogP contribution in [0.4, 0.5) is 5.69 Å². The molecule has 0 spiro atoms. The second kappa shape index (κ2) is 6.56. The zero-order valence-corrected chi connectivity index (χ0v) is 16.5. The molecule has 2 heterocycles. The van der Waals surface area contributed by atoms with Gasteiger partial charge in [0.1, 0.15) is 0 Å². The molecule has 1 atom stereocenters. The zero-order chi connectivity index (χ0) is 17.5. The number of hydrogen-bond acceptors (Lipinski definition) is 5. The average Bonchev–Trinajstić information content (AvgIpc) is 3.10. The molecule has 1 unspecified atom stereocenters. The lowest BCUT2D eigenvalue weighted by molar-refractivity contribution is 0.00578. The van der Waals surface area contributed by atoms with Crippen molar-refractivity contribution in [3.8, 4) is 0 Å². The van der Waals surface area contributed by atoms with Gasteiger partial charge in [0.2, 0.25) is 0 Å². The molecule has 6 heteroatoms. The van der Waals surface area contributed by atoms with E-state index < -0.39 is 0 Å². The first-order valence-electron chi connectivity index (χ1n) is 8.71. The number of hydrogen-bond donors (Lipinski definition) is 0. The summed E-state index contributed by atoms with van der Waals surface area (Å²) in [5.41, 5.74) is 1.80. The summed E-state index contributed by atoms with van der Waals surface area (Å²) in [7, 11) is 1.90. The average molecular weight is 348 g/mol. The first kappa shape index (κ1) is 18.1. The molecule has 0 saturated carbocycles. The van der Waals surface area contributed by atoms with Crippen molar-refractivity contribution in [3.63, 3.8) is 0 Å². The molecular weight excluding hydrogens is 319 g/mol. The van der Waals surface area contributed by atoms with E-state index in [1.54, 1.807) is 0 Å². The maximum atomic E-state index is 6.13. The second-order valence-corrected chi connectivity index (χ2v) is 8.74. The van der Waals surface area contributed by atoms with Gasteiger partial charge in [0.05, 0.1) is 11.2 Å². The summed E-state index contributed by atoms with van der Waals surface area (Å²) >= 11 is 1.81. The fraction of sp³-hybridized carbons (Fsp3) is 0.667. The maximum Gasteiger partial charge on any atom is 0.494 e. The minimum atomic E-state index is -0.291. The van der Waals surface area contributed by atoms with Crippen molar-refractivity contribution in [1.82, 2.24) is 4.31 Å². The highest BCUT2D eigenvalue weighted by molar-refractivity contribution is 7.96. The highest BCUT2D eigenvalue weighted by Gasteiger charge is 2.51. The Morgan fingerprint density at radius 2 is 1.71 bits per heavy atom. The van der Waals surface area contributed by atoms with Gasteiger partial charge in [-0.15, -0.1) is 0 Å². The predicted octanol–water partition coefficient (Wildman–Crippen LogP) is 2.77. The number of anilines is 1. The van der Waals surface area contributed by atoms with E-state index in [0.717, 1.165) is 18.6 Å². The molecule has 0 radical (unpaired) electrons. The number of benzene rings is 1. The van der Waals surface area contributed by atoms with Crippen molar-refractivity contribution in [2.75, 3.05) is 31.3 Å². The van der Waals surface area contributed by atoms with Crippen molar-refractivity contribution >= 4 is 30.2 Å². The first-order valence-corrected chi connectivity index (χ1v) is 9.89. The minimum Gasteiger partial charge on any atom is -0.399 e. The topological polar surface area (TPSA) is 24.9 Å². The Morgan fingerprint density at radius 1 is 1.12 bits per heavy atom. The number of rotatable bonds is 4. The van der Waals surface area contributed by atoms with Gasteiger partial charge in [0, 0.05) is 24.8 Å². The Hall–Kier alpha value is -0.685. The summed E-state index contributed by atoms with van der Waals surface area (Å²) in [6, 6.07) is 9.30. The van der Waals surface area contributed by atoms with Crippen LogP contribution in [0.25, 0.3) is 0 Å². The van der Waals surface area contributed by atoms with Crippen LogP contribution in [0.2, 0.25) is 0 Å². The number of likely N-dealkylation sites (N-methyl/N-ethyl adjacent to an activating group) is 1. The van der Waals surface area contributed by atoms with Crippen LogP contribution >= 0.6 is 11.9 Å². The molecular formula is C18H29BN2O2S. The van der Waals surface area contributed by atoms with Crippen LogP contribution in [0.1, 0.15) is 34.1 Å². The summed E-state index contributed by atoms with van der Waals surface area (Å²) in [4.78, 5) is 2.46. The van der Waals surface area contributed by atoms with Gasteiger partial charge in [0.15, 0.2) is 0 Å². The Labute approximate surface area is 151 Å². The van der Waals surface area contributed by atoms with Gasteiger partial charge in [0.25, 0.3) is 0 Å². The van der Waals surface area contributed by atoms with Gasteiger partial charge in [-0.25, -0.2) is 4.31 Å². The molecule has 0 bridgehead atoms. The second-order valence-electron chi connectivity index (χ2n) is 7.80. The monoisotopic (exact) mass is 348 g/mol. The molecule has 0 N–H and O–H groups in total. The Morgan fingerprint density at radius 3 is 2.25 bits per heavy atom. The van der Waals surface area contributed by atoms with Crippen molar-refractivity contribution in [2.24, 2.45) is 0 Å². The van der Waals surface area contributed by atoms with Gasteiger partial charge in [-0.3, -0.25) is 0 Å². The first-order chi connectivity index (χ1) is 11.2. The van der Waals surface area contributed by atoms with Crippen molar-refractivity contribution in [2.45, 2.75) is 51.4 Å². The standard InChI is InChI=1S/C18H29BN2O2S/c1-17(2)18(3,4)23-19(22-17)14-7-9-15(10-8-14)21-12-11-16(13-21)20(5)24-6/h7-10,16H,11-13H2,1-6H3. The van der Waals surface area contributed by atoms with Gasteiger partial charge >= 0.3 is 7.12 Å². The van der Waals surface area contributed by atoms with Gasteiger partial charge in [-0.1, -0.05) is 24.1 Å². The van der Waals surface area contributed by atoms with Crippen LogP contribution < -0.4 is 10.4 Å². The molecule has 132 valence electrons. The molecule has 1 aromatic carbocycles. The Bertz CT molecular complexity index is 563. The van der Waals surface area contributed by atoms with Crippen LogP contribution in [0, 0.1) is 0 Å². The lowest BCUT2D eigenvalue weighted by Gasteiger charge is -2.32. The third kappa shape index (κ3) is 3.34. The summed E-state index contributed by atoms with van der Waals surface area (Å²) in [5.74, 6) is 0. The van der Waals surface area contributed by atoms with Crippen molar-refractivity contribution in [1.29, 1.82) is 0 Å². The van der Waals surface area contributed by atoms with Crippen LogP contribution in [0.15, 0.2) is 24.3 Å². The number of nitrogens with zero attached hydrogens (tertiary/aromatic N) is 2. The zero-order valence-electron chi connectivity index (χ0n) is 15.7. The van der Waals surface area contributed by atoms with E-state index in [2.05, 4.69) is 74.5 Å². The highest BCUT2D eigenvalue weighted by atomic mass is 32.2.